The second-order valence-electron chi connectivity index (χ2n) is 3.79. The molecule has 1 aromatic rings. The summed E-state index contributed by atoms with van der Waals surface area (Å²) < 4.78 is 30.9. The van der Waals surface area contributed by atoms with E-state index in [1.54, 1.807) is 32.2 Å². The zero-order valence-corrected chi connectivity index (χ0v) is 11.3. The quantitative estimate of drug-likeness (QED) is 0.728. The van der Waals surface area contributed by atoms with Crippen LogP contribution >= 0.6 is 0 Å². The molecule has 96 valence electrons. The van der Waals surface area contributed by atoms with E-state index in [2.05, 4.69) is 0 Å². The normalized spacial score (nSPS) is 12.0. The minimum absolute atomic E-state index is 0.360. The molecule has 0 spiro atoms. The van der Waals surface area contributed by atoms with Crippen molar-refractivity contribution in [1.29, 1.82) is 0 Å². The molecule has 0 saturated heterocycles. The summed E-state index contributed by atoms with van der Waals surface area (Å²) in [4.78, 5) is 0.360. The maximum atomic E-state index is 12.2. The molecule has 4 nitrogen and oxygen atoms in total. The average Bonchev–Trinajstić information content (AvgIpc) is 2.29. The van der Waals surface area contributed by atoms with Crippen molar-refractivity contribution in [2.24, 2.45) is 0 Å². The second-order valence-corrected chi connectivity index (χ2v) is 5.80. The summed E-state index contributed by atoms with van der Waals surface area (Å²) in [6.07, 6.45) is 0. The summed E-state index contributed by atoms with van der Waals surface area (Å²) in [7, 11) is -1.83. The Kier molecular flexibility index (Phi) is 5.11. The average molecular weight is 257 g/mol. The van der Waals surface area contributed by atoms with Crippen LogP contribution in [0.2, 0.25) is 0 Å². The van der Waals surface area contributed by atoms with Crippen molar-refractivity contribution < 1.29 is 13.2 Å². The summed E-state index contributed by atoms with van der Waals surface area (Å²) in [5.41, 5.74) is 0.760. The first-order chi connectivity index (χ1) is 8.00. The minimum Gasteiger partial charge on any atom is -0.380 e. The predicted octanol–water partition coefficient (Wildman–Crippen LogP) is 1.65. The third-order valence-corrected chi connectivity index (χ3v) is 4.55. The highest BCUT2D eigenvalue weighted by Gasteiger charge is 2.21. The Morgan fingerprint density at radius 2 is 1.94 bits per heavy atom. The van der Waals surface area contributed by atoms with E-state index in [0.29, 0.717) is 24.7 Å². The maximum Gasteiger partial charge on any atom is 0.243 e. The van der Waals surface area contributed by atoms with Gasteiger partial charge in [-0.2, -0.15) is 4.31 Å². The molecule has 0 fully saturated rings. The minimum atomic E-state index is -3.40. The van der Waals surface area contributed by atoms with E-state index < -0.39 is 10.0 Å². The molecule has 1 aromatic carbocycles. The maximum absolute atomic E-state index is 12.2. The predicted molar refractivity (Wildman–Crippen MR) is 67.5 cm³/mol. The van der Waals surface area contributed by atoms with Gasteiger partial charge >= 0.3 is 0 Å². The molecule has 0 unspecified atom stereocenters. The van der Waals surface area contributed by atoms with Gasteiger partial charge in [-0.25, -0.2) is 8.42 Å². The highest BCUT2D eigenvalue weighted by Crippen LogP contribution is 2.17. The van der Waals surface area contributed by atoms with Crippen molar-refractivity contribution in [3.05, 3.63) is 29.8 Å². The Morgan fingerprint density at radius 1 is 1.29 bits per heavy atom. The molecule has 5 heteroatoms. The van der Waals surface area contributed by atoms with Crippen LogP contribution in [0.1, 0.15) is 12.5 Å². The number of hydrogen-bond donors (Lipinski definition) is 0. The molecule has 0 atom stereocenters. The smallest absolute Gasteiger partial charge is 0.243 e. The van der Waals surface area contributed by atoms with Crippen LogP contribution < -0.4 is 0 Å². The molecule has 0 aromatic heterocycles. The lowest BCUT2D eigenvalue weighted by molar-refractivity contribution is 0.138. The topological polar surface area (TPSA) is 46.6 Å². The number of nitrogens with zero attached hydrogens (tertiary/aromatic N) is 1. The van der Waals surface area contributed by atoms with Crippen LogP contribution in [0, 0.1) is 6.92 Å². The molecular formula is C12H19NO3S. The molecule has 0 aliphatic rings. The molecule has 0 heterocycles. The van der Waals surface area contributed by atoms with Gasteiger partial charge < -0.3 is 4.74 Å². The van der Waals surface area contributed by atoms with Crippen molar-refractivity contribution in [3.8, 4) is 0 Å². The number of aryl methyl sites for hydroxylation is 1. The fraction of sp³-hybridized carbons (Fsp3) is 0.500. The highest BCUT2D eigenvalue weighted by molar-refractivity contribution is 7.89. The lowest BCUT2D eigenvalue weighted by atomic mass is 10.2. The van der Waals surface area contributed by atoms with Gasteiger partial charge in [0.25, 0.3) is 0 Å². The molecule has 0 amide bonds. The van der Waals surface area contributed by atoms with Gasteiger partial charge in [0.2, 0.25) is 10.0 Å². The first kappa shape index (κ1) is 14.2. The summed E-state index contributed by atoms with van der Waals surface area (Å²) in [5, 5.41) is 0. The number of benzene rings is 1. The van der Waals surface area contributed by atoms with E-state index in [1.807, 2.05) is 13.0 Å². The number of hydrogen-bond acceptors (Lipinski definition) is 3. The van der Waals surface area contributed by atoms with E-state index in [0.717, 1.165) is 5.56 Å². The van der Waals surface area contributed by atoms with E-state index >= 15 is 0 Å². The van der Waals surface area contributed by atoms with E-state index in [4.69, 9.17) is 4.74 Å². The molecular weight excluding hydrogens is 238 g/mol. The van der Waals surface area contributed by atoms with Crippen LogP contribution in [0.4, 0.5) is 0 Å². The lowest BCUT2D eigenvalue weighted by Gasteiger charge is -2.18. The van der Waals surface area contributed by atoms with Crippen molar-refractivity contribution in [2.75, 3.05) is 26.8 Å². The molecule has 0 bridgehead atoms. The van der Waals surface area contributed by atoms with Crippen molar-refractivity contribution in [1.82, 2.24) is 4.31 Å². The summed E-state index contributed by atoms with van der Waals surface area (Å²) in [6, 6.07) is 6.98. The lowest BCUT2D eigenvalue weighted by Crippen LogP contribution is -2.30. The van der Waals surface area contributed by atoms with Gasteiger partial charge in [0.1, 0.15) is 0 Å². The second kappa shape index (κ2) is 6.14. The van der Waals surface area contributed by atoms with Gasteiger partial charge in [0, 0.05) is 20.2 Å². The van der Waals surface area contributed by atoms with Gasteiger partial charge in [0.15, 0.2) is 0 Å². The molecule has 0 aliphatic heterocycles. The van der Waals surface area contributed by atoms with Crippen molar-refractivity contribution in [2.45, 2.75) is 18.7 Å². The van der Waals surface area contributed by atoms with Gasteiger partial charge in [-0.15, -0.1) is 0 Å². The van der Waals surface area contributed by atoms with Gasteiger partial charge in [-0.3, -0.25) is 0 Å². The fourth-order valence-corrected chi connectivity index (χ4v) is 2.85. The number of rotatable bonds is 6. The van der Waals surface area contributed by atoms with Crippen LogP contribution in [0.25, 0.3) is 0 Å². The summed E-state index contributed by atoms with van der Waals surface area (Å²) in [5.74, 6) is 0. The van der Waals surface area contributed by atoms with Gasteiger partial charge in [-0.05, 0) is 25.5 Å². The Morgan fingerprint density at radius 3 is 2.53 bits per heavy atom. The monoisotopic (exact) mass is 257 g/mol. The zero-order valence-electron chi connectivity index (χ0n) is 10.5. The third-order valence-electron chi connectivity index (χ3n) is 2.54. The molecule has 0 saturated carbocycles. The molecule has 1 rings (SSSR count). The van der Waals surface area contributed by atoms with Crippen LogP contribution in [-0.2, 0) is 14.8 Å². The summed E-state index contributed by atoms with van der Waals surface area (Å²) in [6.45, 7) is 5.06. The largest absolute Gasteiger partial charge is 0.380 e. The summed E-state index contributed by atoms with van der Waals surface area (Å²) >= 11 is 0. The van der Waals surface area contributed by atoms with Crippen molar-refractivity contribution >= 4 is 10.0 Å². The number of sulfonamides is 1. The van der Waals surface area contributed by atoms with Gasteiger partial charge in [0.05, 0.1) is 11.5 Å². The Balaban J connectivity index is 2.85. The molecule has 17 heavy (non-hydrogen) atoms. The standard InChI is InChI=1S/C12H19NO3S/c1-4-16-10-9-13(3)17(14,15)12-8-6-5-7-11(12)2/h5-8H,4,9-10H2,1-3H3. The fourth-order valence-electron chi connectivity index (χ4n) is 1.47. The van der Waals surface area contributed by atoms with E-state index in [1.165, 1.54) is 4.31 Å². The highest BCUT2D eigenvalue weighted by atomic mass is 32.2. The first-order valence-corrected chi connectivity index (χ1v) is 7.04. The van der Waals surface area contributed by atoms with Crippen molar-refractivity contribution in [3.63, 3.8) is 0 Å². The Hall–Kier alpha value is -0.910. The number of likely N-dealkylation sites (N-methyl/N-ethyl adjacent to an activating group) is 1. The zero-order chi connectivity index (χ0) is 12.9. The van der Waals surface area contributed by atoms with E-state index in [-0.39, 0.29) is 0 Å². The molecule has 0 radical (unpaired) electrons. The first-order valence-electron chi connectivity index (χ1n) is 5.60. The van der Waals surface area contributed by atoms with Crippen LogP contribution in [0.15, 0.2) is 29.2 Å². The molecule has 0 N–H and O–H groups in total. The van der Waals surface area contributed by atoms with Crippen LogP contribution in [0.3, 0.4) is 0 Å². The van der Waals surface area contributed by atoms with Crippen LogP contribution in [0.5, 0.6) is 0 Å². The molecule has 0 aliphatic carbocycles. The van der Waals surface area contributed by atoms with E-state index in [9.17, 15) is 8.42 Å². The van der Waals surface area contributed by atoms with Gasteiger partial charge in [-0.1, -0.05) is 18.2 Å². The SMILES string of the molecule is CCOCCN(C)S(=O)(=O)c1ccccc1C. The van der Waals surface area contributed by atoms with Crippen LogP contribution in [-0.4, -0.2) is 39.5 Å². The third kappa shape index (κ3) is 3.52. The Labute approximate surface area is 103 Å². The Bertz CT molecular complexity index is 457. The number of ether oxygens (including phenoxy) is 1.